The zero-order chi connectivity index (χ0) is 10.9. The van der Waals surface area contributed by atoms with Gasteiger partial charge in [0.05, 0.1) is 11.9 Å². The minimum Gasteiger partial charge on any atom is -0.313 e. The van der Waals surface area contributed by atoms with E-state index in [4.69, 9.17) is 0 Å². The Labute approximate surface area is 78.0 Å². The molecular weight excluding hydrogens is 197 g/mol. The van der Waals surface area contributed by atoms with Crippen molar-refractivity contribution in [3.05, 3.63) is 27.9 Å². The number of hydrogen-bond donors (Lipinski definition) is 1. The van der Waals surface area contributed by atoms with Crippen LogP contribution in [0.3, 0.4) is 0 Å². The molecule has 0 amide bonds. The van der Waals surface area contributed by atoms with Crippen molar-refractivity contribution in [2.75, 3.05) is 0 Å². The molecule has 0 saturated heterocycles. The fourth-order valence-electron chi connectivity index (χ4n) is 1.17. The highest BCUT2D eigenvalue weighted by molar-refractivity contribution is 5.22. The van der Waals surface area contributed by atoms with E-state index in [1.807, 2.05) is 0 Å². The Balaban J connectivity index is 3.44. The summed E-state index contributed by atoms with van der Waals surface area (Å²) >= 11 is 0. The van der Waals surface area contributed by atoms with E-state index in [0.717, 1.165) is 6.33 Å². The van der Waals surface area contributed by atoms with Gasteiger partial charge in [0.2, 0.25) is 0 Å². The number of halogens is 3. The molecule has 3 nitrogen and oxygen atoms in total. The third-order valence-corrected chi connectivity index (χ3v) is 1.73. The van der Waals surface area contributed by atoms with E-state index >= 15 is 0 Å². The summed E-state index contributed by atoms with van der Waals surface area (Å²) in [5.74, 6) is -0.510. The van der Waals surface area contributed by atoms with Crippen LogP contribution in [0.25, 0.3) is 0 Å². The van der Waals surface area contributed by atoms with E-state index in [1.54, 1.807) is 0 Å². The van der Waals surface area contributed by atoms with Crippen LogP contribution >= 0.6 is 0 Å². The van der Waals surface area contributed by atoms with E-state index in [0.29, 0.717) is 0 Å². The van der Waals surface area contributed by atoms with Crippen LogP contribution in [0.15, 0.2) is 11.1 Å². The number of alkyl halides is 3. The molecule has 1 rings (SSSR count). The molecule has 0 aliphatic heterocycles. The number of nitrogens with one attached hydrogen (secondary N) is 1. The molecular formula is C8H9F3N2O. The molecule has 0 bridgehead atoms. The van der Waals surface area contributed by atoms with Crippen LogP contribution in [-0.4, -0.2) is 9.97 Å². The Kier molecular flexibility index (Phi) is 2.64. The molecule has 0 aliphatic carbocycles. The molecule has 0 fully saturated rings. The van der Waals surface area contributed by atoms with Crippen molar-refractivity contribution in [3.8, 4) is 0 Å². The van der Waals surface area contributed by atoms with Crippen molar-refractivity contribution in [2.24, 2.45) is 0 Å². The zero-order valence-corrected chi connectivity index (χ0v) is 7.64. The predicted octanol–water partition coefficient (Wildman–Crippen LogP) is 1.91. The quantitative estimate of drug-likeness (QED) is 0.762. The smallest absolute Gasteiger partial charge is 0.313 e. The lowest BCUT2D eigenvalue weighted by atomic mass is 10.0. The third-order valence-electron chi connectivity index (χ3n) is 1.73. The fraction of sp³-hybridized carbons (Fsp3) is 0.500. The van der Waals surface area contributed by atoms with Gasteiger partial charge in [-0.1, -0.05) is 13.8 Å². The Morgan fingerprint density at radius 2 is 2.00 bits per heavy atom. The fourth-order valence-corrected chi connectivity index (χ4v) is 1.17. The van der Waals surface area contributed by atoms with Crippen molar-refractivity contribution in [3.63, 3.8) is 0 Å². The van der Waals surface area contributed by atoms with Gasteiger partial charge in [0.15, 0.2) is 5.69 Å². The van der Waals surface area contributed by atoms with Crippen LogP contribution in [0.5, 0.6) is 0 Å². The molecule has 0 unspecified atom stereocenters. The minimum absolute atomic E-state index is 0.319. The first-order valence-corrected chi connectivity index (χ1v) is 3.98. The largest absolute Gasteiger partial charge is 0.433 e. The van der Waals surface area contributed by atoms with E-state index in [1.165, 1.54) is 13.8 Å². The van der Waals surface area contributed by atoms with E-state index in [2.05, 4.69) is 9.97 Å². The van der Waals surface area contributed by atoms with E-state index in [-0.39, 0.29) is 5.56 Å². The second-order valence-corrected chi connectivity index (χ2v) is 3.15. The highest BCUT2D eigenvalue weighted by atomic mass is 19.4. The lowest BCUT2D eigenvalue weighted by molar-refractivity contribution is -0.142. The van der Waals surface area contributed by atoms with Crippen LogP contribution in [-0.2, 0) is 6.18 Å². The number of aromatic nitrogens is 2. The molecule has 0 saturated carbocycles. The summed E-state index contributed by atoms with van der Waals surface area (Å²) in [6.07, 6.45) is -3.81. The van der Waals surface area contributed by atoms with Crippen molar-refractivity contribution < 1.29 is 13.2 Å². The summed E-state index contributed by atoms with van der Waals surface area (Å²) in [6.45, 7) is 3.03. The zero-order valence-electron chi connectivity index (χ0n) is 7.64. The lowest BCUT2D eigenvalue weighted by Crippen LogP contribution is -2.23. The Bertz CT molecular complexity index is 381. The van der Waals surface area contributed by atoms with Crippen LogP contribution in [0.4, 0.5) is 13.2 Å². The molecule has 0 aromatic carbocycles. The van der Waals surface area contributed by atoms with Crippen LogP contribution in [0, 0.1) is 0 Å². The molecule has 1 heterocycles. The molecule has 0 atom stereocenters. The van der Waals surface area contributed by atoms with Gasteiger partial charge in [-0.05, 0) is 5.92 Å². The summed E-state index contributed by atoms with van der Waals surface area (Å²) in [7, 11) is 0. The first-order valence-electron chi connectivity index (χ1n) is 3.98. The maximum absolute atomic E-state index is 12.4. The van der Waals surface area contributed by atoms with Crippen LogP contribution in [0.1, 0.15) is 31.0 Å². The van der Waals surface area contributed by atoms with Crippen LogP contribution < -0.4 is 5.56 Å². The molecule has 0 radical (unpaired) electrons. The maximum atomic E-state index is 12.4. The SMILES string of the molecule is CC(C)c1c(C(F)(F)F)nc[nH]c1=O. The normalized spacial score (nSPS) is 12.1. The van der Waals surface area contributed by atoms with Gasteiger partial charge in [-0.15, -0.1) is 0 Å². The van der Waals surface area contributed by atoms with Gasteiger partial charge in [-0.2, -0.15) is 13.2 Å². The molecule has 0 aliphatic rings. The monoisotopic (exact) mass is 206 g/mol. The summed E-state index contributed by atoms with van der Waals surface area (Å²) in [4.78, 5) is 16.4. The molecule has 1 aromatic heterocycles. The number of hydrogen-bond acceptors (Lipinski definition) is 2. The first-order chi connectivity index (χ1) is 6.34. The average molecular weight is 206 g/mol. The van der Waals surface area contributed by atoms with Gasteiger partial charge in [0.25, 0.3) is 5.56 Å². The molecule has 0 spiro atoms. The lowest BCUT2D eigenvalue weighted by Gasteiger charge is -2.12. The van der Waals surface area contributed by atoms with Crippen molar-refractivity contribution >= 4 is 0 Å². The van der Waals surface area contributed by atoms with Gasteiger partial charge in [-0.3, -0.25) is 4.79 Å². The number of nitrogens with zero attached hydrogens (tertiary/aromatic N) is 1. The van der Waals surface area contributed by atoms with Gasteiger partial charge in [0.1, 0.15) is 0 Å². The Morgan fingerprint density at radius 3 is 2.36 bits per heavy atom. The second-order valence-electron chi connectivity index (χ2n) is 3.15. The van der Waals surface area contributed by atoms with E-state index in [9.17, 15) is 18.0 Å². The third kappa shape index (κ3) is 1.94. The number of aromatic amines is 1. The van der Waals surface area contributed by atoms with Crippen molar-refractivity contribution in [2.45, 2.75) is 25.9 Å². The molecule has 1 N–H and O–H groups in total. The summed E-state index contributed by atoms with van der Waals surface area (Å²) in [5, 5.41) is 0. The maximum Gasteiger partial charge on any atom is 0.433 e. The summed E-state index contributed by atoms with van der Waals surface area (Å²) in [6, 6.07) is 0. The van der Waals surface area contributed by atoms with Gasteiger partial charge < -0.3 is 4.98 Å². The number of rotatable bonds is 1. The minimum atomic E-state index is -4.58. The van der Waals surface area contributed by atoms with Crippen molar-refractivity contribution in [1.29, 1.82) is 0 Å². The van der Waals surface area contributed by atoms with Gasteiger partial charge in [0, 0.05) is 0 Å². The number of H-pyrrole nitrogens is 1. The molecule has 78 valence electrons. The second kappa shape index (κ2) is 3.43. The highest BCUT2D eigenvalue weighted by Crippen LogP contribution is 2.31. The molecule has 6 heteroatoms. The van der Waals surface area contributed by atoms with Crippen LogP contribution in [0.2, 0.25) is 0 Å². The molecule has 1 aromatic rings. The topological polar surface area (TPSA) is 45.8 Å². The first kappa shape index (κ1) is 10.7. The van der Waals surface area contributed by atoms with E-state index < -0.39 is 23.3 Å². The standard InChI is InChI=1S/C8H9F3N2O/c1-4(2)5-6(8(9,10)11)12-3-13-7(5)14/h3-4H,1-2H3,(H,12,13,14). The average Bonchev–Trinajstić information content (AvgIpc) is 2.01. The summed E-state index contributed by atoms with van der Waals surface area (Å²) < 4.78 is 37.1. The predicted molar refractivity (Wildman–Crippen MR) is 43.9 cm³/mol. The highest BCUT2D eigenvalue weighted by Gasteiger charge is 2.37. The van der Waals surface area contributed by atoms with Gasteiger partial charge in [-0.25, -0.2) is 4.98 Å². The van der Waals surface area contributed by atoms with Crippen molar-refractivity contribution in [1.82, 2.24) is 9.97 Å². The Hall–Kier alpha value is -1.33. The van der Waals surface area contributed by atoms with Gasteiger partial charge >= 0.3 is 6.18 Å². The Morgan fingerprint density at radius 1 is 1.43 bits per heavy atom. The summed E-state index contributed by atoms with van der Waals surface area (Å²) in [5.41, 5.74) is -2.15. The molecule has 14 heavy (non-hydrogen) atoms.